The second kappa shape index (κ2) is 9.85. The first-order chi connectivity index (χ1) is 15.6. The summed E-state index contributed by atoms with van der Waals surface area (Å²) in [6.45, 7) is 5.22. The van der Waals surface area contributed by atoms with Crippen LogP contribution in [0.1, 0.15) is 41.0 Å². The van der Waals surface area contributed by atoms with Crippen LogP contribution in [0.4, 0.5) is 13.2 Å². The highest BCUT2D eigenvalue weighted by molar-refractivity contribution is 5.92. The van der Waals surface area contributed by atoms with Crippen molar-refractivity contribution < 1.29 is 27.5 Å². The lowest BCUT2D eigenvalue weighted by Crippen LogP contribution is -2.39. The van der Waals surface area contributed by atoms with Crippen LogP contribution in [0, 0.1) is 6.92 Å². The smallest absolute Gasteiger partial charge is 0.417 e. The van der Waals surface area contributed by atoms with Gasteiger partial charge in [0.1, 0.15) is 5.56 Å². The molecule has 0 fully saturated rings. The molecule has 0 aliphatic carbocycles. The van der Waals surface area contributed by atoms with Crippen molar-refractivity contribution in [1.29, 1.82) is 0 Å². The molecule has 0 bridgehead atoms. The van der Waals surface area contributed by atoms with Gasteiger partial charge in [-0.2, -0.15) is 18.3 Å². The van der Waals surface area contributed by atoms with Gasteiger partial charge in [0.25, 0.3) is 5.91 Å². The summed E-state index contributed by atoms with van der Waals surface area (Å²) in [5.74, 6) is -0.997. The summed E-state index contributed by atoms with van der Waals surface area (Å²) >= 11 is 0. The summed E-state index contributed by atoms with van der Waals surface area (Å²) in [4.78, 5) is 30.6. The third kappa shape index (κ3) is 5.76. The Morgan fingerprint density at radius 1 is 1.09 bits per heavy atom. The molecule has 0 saturated carbocycles. The number of alkyl halides is 3. The maximum atomic E-state index is 12.7. The van der Waals surface area contributed by atoms with E-state index in [4.69, 9.17) is 4.74 Å². The molecule has 3 aromatic rings. The van der Waals surface area contributed by atoms with Crippen molar-refractivity contribution in [3.63, 3.8) is 0 Å². The molecule has 174 valence electrons. The van der Waals surface area contributed by atoms with E-state index >= 15 is 0 Å². The average Bonchev–Trinajstić information content (AvgIpc) is 3.17. The molecule has 2 aromatic heterocycles. The maximum Gasteiger partial charge on any atom is 0.417 e. The molecule has 0 aliphatic rings. The van der Waals surface area contributed by atoms with E-state index in [1.54, 1.807) is 11.8 Å². The van der Waals surface area contributed by atoms with Crippen LogP contribution in [0.25, 0.3) is 5.82 Å². The van der Waals surface area contributed by atoms with Crippen LogP contribution in [0.15, 0.2) is 54.9 Å². The predicted molar refractivity (Wildman–Crippen MR) is 114 cm³/mol. The Labute approximate surface area is 188 Å². The Morgan fingerprint density at radius 3 is 2.36 bits per heavy atom. The lowest BCUT2D eigenvalue weighted by molar-refractivity contribution is -0.138. The van der Waals surface area contributed by atoms with Gasteiger partial charge in [0, 0.05) is 18.8 Å². The molecule has 10 heteroatoms. The largest absolute Gasteiger partial charge is 0.452 e. The number of halogens is 3. The van der Waals surface area contributed by atoms with Gasteiger partial charge < -0.3 is 9.64 Å². The Hall–Kier alpha value is -3.69. The summed E-state index contributed by atoms with van der Waals surface area (Å²) < 4.78 is 44.6. The van der Waals surface area contributed by atoms with Crippen molar-refractivity contribution in [3.8, 4) is 5.82 Å². The van der Waals surface area contributed by atoms with Crippen molar-refractivity contribution in [3.05, 3.63) is 77.2 Å². The second-order valence-corrected chi connectivity index (χ2v) is 7.64. The van der Waals surface area contributed by atoms with Crippen molar-refractivity contribution >= 4 is 11.9 Å². The first-order valence-corrected chi connectivity index (χ1v) is 10.2. The van der Waals surface area contributed by atoms with Crippen molar-refractivity contribution in [1.82, 2.24) is 19.7 Å². The quantitative estimate of drug-likeness (QED) is 0.494. The Bertz CT molecular complexity index is 1110. The highest BCUT2D eigenvalue weighted by atomic mass is 19.4. The molecule has 1 aromatic carbocycles. The molecule has 0 spiro atoms. The summed E-state index contributed by atoms with van der Waals surface area (Å²) in [5, 5.41) is 4.02. The molecule has 3 rings (SSSR count). The zero-order valence-corrected chi connectivity index (χ0v) is 18.3. The molecule has 7 nitrogen and oxygen atoms in total. The van der Waals surface area contributed by atoms with E-state index in [1.165, 1.54) is 10.9 Å². The Morgan fingerprint density at radius 2 is 1.79 bits per heavy atom. The molecule has 0 radical (unpaired) electrons. The van der Waals surface area contributed by atoms with Gasteiger partial charge in [0.05, 0.1) is 17.5 Å². The van der Waals surface area contributed by atoms with E-state index in [9.17, 15) is 22.8 Å². The first-order valence-electron chi connectivity index (χ1n) is 10.2. The zero-order valence-electron chi connectivity index (χ0n) is 18.3. The van der Waals surface area contributed by atoms with Crippen molar-refractivity contribution in [2.75, 3.05) is 6.61 Å². The molecule has 33 heavy (non-hydrogen) atoms. The number of carbonyl (C=O) groups is 2. The van der Waals surface area contributed by atoms with Gasteiger partial charge in [-0.15, -0.1) is 0 Å². The van der Waals surface area contributed by atoms with Gasteiger partial charge in [-0.25, -0.2) is 14.5 Å². The van der Waals surface area contributed by atoms with Crippen LogP contribution in [0.5, 0.6) is 0 Å². The van der Waals surface area contributed by atoms with Crippen LogP contribution in [-0.4, -0.2) is 44.2 Å². The Balaban J connectivity index is 1.67. The third-order valence-electron chi connectivity index (χ3n) is 4.99. The molecule has 2 heterocycles. The molecule has 0 aliphatic heterocycles. The van der Waals surface area contributed by atoms with E-state index in [0.717, 1.165) is 17.7 Å². The fourth-order valence-corrected chi connectivity index (χ4v) is 3.15. The van der Waals surface area contributed by atoms with Gasteiger partial charge in [-0.1, -0.05) is 30.3 Å². The van der Waals surface area contributed by atoms with Gasteiger partial charge in [-0.3, -0.25) is 4.79 Å². The molecule has 0 atom stereocenters. The van der Waals surface area contributed by atoms with Crippen LogP contribution >= 0.6 is 0 Å². The van der Waals surface area contributed by atoms with E-state index < -0.39 is 24.3 Å². The van der Waals surface area contributed by atoms with Gasteiger partial charge in [0.2, 0.25) is 0 Å². The average molecular weight is 460 g/mol. The van der Waals surface area contributed by atoms with Crippen LogP contribution < -0.4 is 0 Å². The topological polar surface area (TPSA) is 77.3 Å². The molecule has 0 unspecified atom stereocenters. The molecule has 1 amide bonds. The summed E-state index contributed by atoms with van der Waals surface area (Å²) in [5.41, 5.74) is 0.472. The van der Waals surface area contributed by atoms with Crippen LogP contribution in [-0.2, 0) is 22.3 Å². The minimum absolute atomic E-state index is 0.0867. The summed E-state index contributed by atoms with van der Waals surface area (Å²) in [7, 11) is 0. The number of pyridine rings is 1. The molecule has 0 saturated heterocycles. The SMILES string of the molecule is Cc1c(C(=O)OCC(=O)N(Cc2ccccc2)C(C)C)cnn1-c1ccc(C(F)(F)F)cn1. The number of hydrogen-bond acceptors (Lipinski definition) is 5. The van der Waals surface area contributed by atoms with Crippen molar-refractivity contribution in [2.24, 2.45) is 0 Å². The monoisotopic (exact) mass is 460 g/mol. The molecule has 0 N–H and O–H groups in total. The minimum Gasteiger partial charge on any atom is -0.452 e. The standard InChI is InChI=1S/C23H23F3N4O3/c1-15(2)29(13-17-7-5-4-6-8-17)21(31)14-33-22(32)19-12-28-30(16(19)3)20-10-9-18(11-27-20)23(24,25)26/h4-12,15H,13-14H2,1-3H3. The van der Waals surface area contributed by atoms with Gasteiger partial charge in [-0.05, 0) is 38.5 Å². The molecular formula is C23H23F3N4O3. The number of rotatable bonds is 7. The normalized spacial score (nSPS) is 11.5. The van der Waals surface area contributed by atoms with E-state index in [1.807, 2.05) is 44.2 Å². The molecular weight excluding hydrogens is 437 g/mol. The number of hydrogen-bond donors (Lipinski definition) is 0. The van der Waals surface area contributed by atoms with Gasteiger partial charge >= 0.3 is 12.1 Å². The number of carbonyl (C=O) groups excluding carboxylic acids is 2. The Kier molecular flexibility index (Phi) is 7.15. The van der Waals surface area contributed by atoms with Crippen molar-refractivity contribution in [2.45, 2.75) is 39.5 Å². The maximum absolute atomic E-state index is 12.7. The van der Waals surface area contributed by atoms with Crippen LogP contribution in [0.2, 0.25) is 0 Å². The van der Waals surface area contributed by atoms with E-state index in [-0.39, 0.29) is 23.3 Å². The van der Waals surface area contributed by atoms with E-state index in [2.05, 4.69) is 10.1 Å². The highest BCUT2D eigenvalue weighted by Crippen LogP contribution is 2.28. The number of nitrogens with zero attached hydrogens (tertiary/aromatic N) is 4. The van der Waals surface area contributed by atoms with Crippen LogP contribution in [0.3, 0.4) is 0 Å². The number of esters is 1. The number of benzene rings is 1. The lowest BCUT2D eigenvalue weighted by Gasteiger charge is -2.26. The third-order valence-corrected chi connectivity index (χ3v) is 4.99. The highest BCUT2D eigenvalue weighted by Gasteiger charge is 2.31. The van der Waals surface area contributed by atoms with E-state index in [0.29, 0.717) is 18.4 Å². The fourth-order valence-electron chi connectivity index (χ4n) is 3.15. The minimum atomic E-state index is -4.50. The zero-order chi connectivity index (χ0) is 24.2. The lowest BCUT2D eigenvalue weighted by atomic mass is 10.2. The van der Waals surface area contributed by atoms with Gasteiger partial charge in [0.15, 0.2) is 12.4 Å². The number of amides is 1. The number of aromatic nitrogens is 3. The first kappa shape index (κ1) is 24.0. The second-order valence-electron chi connectivity index (χ2n) is 7.64. The number of ether oxygens (including phenoxy) is 1. The predicted octanol–water partition coefficient (Wildman–Crippen LogP) is 4.19. The summed E-state index contributed by atoms with van der Waals surface area (Å²) in [6.07, 6.45) is -2.58. The fraction of sp³-hybridized carbons (Fsp3) is 0.304. The summed E-state index contributed by atoms with van der Waals surface area (Å²) in [6, 6.07) is 11.4.